The van der Waals surface area contributed by atoms with E-state index in [1.54, 1.807) is 6.07 Å². The Morgan fingerprint density at radius 2 is 1.68 bits per heavy atom. The van der Waals surface area contributed by atoms with E-state index in [0.717, 1.165) is 23.8 Å². The van der Waals surface area contributed by atoms with Gasteiger partial charge >= 0.3 is 0 Å². The molecule has 19 heavy (non-hydrogen) atoms. The summed E-state index contributed by atoms with van der Waals surface area (Å²) in [6.07, 6.45) is 8.02. The van der Waals surface area contributed by atoms with E-state index in [-0.39, 0.29) is 0 Å². The van der Waals surface area contributed by atoms with Gasteiger partial charge in [-0.05, 0) is 43.7 Å². The van der Waals surface area contributed by atoms with Crippen LogP contribution in [0.4, 0.5) is 11.4 Å². The van der Waals surface area contributed by atoms with Crippen LogP contribution in [0.2, 0.25) is 10.0 Å². The molecule has 3 rings (SSSR count). The summed E-state index contributed by atoms with van der Waals surface area (Å²) >= 11 is 12.2. The lowest BCUT2D eigenvalue weighted by atomic mass is 9.95. The van der Waals surface area contributed by atoms with E-state index in [0.29, 0.717) is 16.1 Å². The van der Waals surface area contributed by atoms with Gasteiger partial charge in [0.05, 0.1) is 21.4 Å². The van der Waals surface area contributed by atoms with E-state index >= 15 is 0 Å². The Balaban J connectivity index is 1.89. The molecule has 1 saturated carbocycles. The maximum absolute atomic E-state index is 6.16. The lowest BCUT2D eigenvalue weighted by Crippen LogP contribution is -2.35. The first-order valence-electron chi connectivity index (χ1n) is 7.18. The largest absolute Gasteiger partial charge is 0.397 e. The number of nitrogen functional groups attached to an aromatic ring is 1. The maximum atomic E-state index is 6.16. The lowest BCUT2D eigenvalue weighted by molar-refractivity contribution is 0.431. The molecule has 1 atom stereocenters. The van der Waals surface area contributed by atoms with Crippen LogP contribution >= 0.6 is 23.2 Å². The highest BCUT2D eigenvalue weighted by molar-refractivity contribution is 6.42. The fourth-order valence-corrected chi connectivity index (χ4v) is 4.05. The molecule has 104 valence electrons. The van der Waals surface area contributed by atoms with Gasteiger partial charge in [-0.2, -0.15) is 0 Å². The Labute approximate surface area is 124 Å². The van der Waals surface area contributed by atoms with Crippen LogP contribution in [-0.2, 0) is 0 Å². The van der Waals surface area contributed by atoms with E-state index in [1.165, 1.54) is 38.5 Å². The van der Waals surface area contributed by atoms with E-state index in [1.807, 2.05) is 6.07 Å². The summed E-state index contributed by atoms with van der Waals surface area (Å²) in [5, 5.41) is 1.14. The fourth-order valence-electron chi connectivity index (χ4n) is 3.72. The highest BCUT2D eigenvalue weighted by Gasteiger charge is 2.34. The van der Waals surface area contributed by atoms with Crippen molar-refractivity contribution in [2.24, 2.45) is 5.92 Å². The van der Waals surface area contributed by atoms with Gasteiger partial charge in [-0.3, -0.25) is 0 Å². The molecule has 1 aliphatic carbocycles. The number of anilines is 2. The Morgan fingerprint density at radius 1 is 1.00 bits per heavy atom. The minimum atomic E-state index is 0.541. The molecule has 1 unspecified atom stereocenters. The number of hydrogen-bond acceptors (Lipinski definition) is 2. The van der Waals surface area contributed by atoms with Crippen molar-refractivity contribution in [3.8, 4) is 0 Å². The third kappa shape index (κ3) is 2.53. The van der Waals surface area contributed by atoms with Gasteiger partial charge in [-0.25, -0.2) is 0 Å². The molecule has 2 N–H and O–H groups in total. The van der Waals surface area contributed by atoms with Crippen LogP contribution in [0, 0.1) is 5.92 Å². The summed E-state index contributed by atoms with van der Waals surface area (Å²) in [6, 6.07) is 4.36. The molecule has 0 bridgehead atoms. The van der Waals surface area contributed by atoms with E-state index in [4.69, 9.17) is 28.9 Å². The van der Waals surface area contributed by atoms with Gasteiger partial charge in [-0.15, -0.1) is 0 Å². The highest BCUT2D eigenvalue weighted by atomic mass is 35.5. The normalized spacial score (nSPS) is 24.3. The quantitative estimate of drug-likeness (QED) is 0.800. The zero-order chi connectivity index (χ0) is 13.4. The standard InChI is InChI=1S/C15H20Cl2N2/c16-11-8-13(18)15(9-12(11)17)19-7-3-6-14(19)10-4-1-2-5-10/h8-10,14H,1-7,18H2. The van der Waals surface area contributed by atoms with E-state index < -0.39 is 0 Å². The van der Waals surface area contributed by atoms with Crippen LogP contribution in [-0.4, -0.2) is 12.6 Å². The molecular formula is C15H20Cl2N2. The van der Waals surface area contributed by atoms with E-state index in [2.05, 4.69) is 4.90 Å². The third-order valence-corrected chi connectivity index (χ3v) is 5.34. The van der Waals surface area contributed by atoms with Crippen LogP contribution in [0.5, 0.6) is 0 Å². The van der Waals surface area contributed by atoms with Crippen molar-refractivity contribution < 1.29 is 0 Å². The molecule has 0 amide bonds. The molecule has 2 aliphatic rings. The van der Waals surface area contributed by atoms with Crippen LogP contribution < -0.4 is 10.6 Å². The number of nitrogens with zero attached hydrogens (tertiary/aromatic N) is 1. The Kier molecular flexibility index (Phi) is 3.81. The zero-order valence-electron chi connectivity index (χ0n) is 11.0. The highest BCUT2D eigenvalue weighted by Crippen LogP contribution is 2.41. The van der Waals surface area contributed by atoms with Crippen molar-refractivity contribution in [3.63, 3.8) is 0 Å². The third-order valence-electron chi connectivity index (χ3n) is 4.62. The maximum Gasteiger partial charge on any atom is 0.0618 e. The van der Waals surface area contributed by atoms with Crippen molar-refractivity contribution in [3.05, 3.63) is 22.2 Å². The zero-order valence-corrected chi connectivity index (χ0v) is 12.6. The van der Waals surface area contributed by atoms with Crippen LogP contribution in [0.15, 0.2) is 12.1 Å². The molecule has 1 aromatic rings. The van der Waals surface area contributed by atoms with Gasteiger partial charge < -0.3 is 10.6 Å². The van der Waals surface area contributed by atoms with Crippen molar-refractivity contribution in [2.75, 3.05) is 17.2 Å². The number of hydrogen-bond donors (Lipinski definition) is 1. The molecule has 0 aromatic heterocycles. The van der Waals surface area contributed by atoms with Gasteiger partial charge in [0.1, 0.15) is 0 Å². The van der Waals surface area contributed by atoms with Crippen LogP contribution in [0.3, 0.4) is 0 Å². The molecule has 1 saturated heterocycles. The summed E-state index contributed by atoms with van der Waals surface area (Å²) in [4.78, 5) is 2.47. The number of halogens is 2. The van der Waals surface area contributed by atoms with Crippen molar-refractivity contribution in [1.29, 1.82) is 0 Å². The average Bonchev–Trinajstić information content (AvgIpc) is 3.03. The second-order valence-electron chi connectivity index (χ2n) is 5.77. The molecule has 2 fully saturated rings. The SMILES string of the molecule is Nc1cc(Cl)c(Cl)cc1N1CCCC1C1CCCC1. The number of benzene rings is 1. The minimum absolute atomic E-state index is 0.541. The molecule has 0 radical (unpaired) electrons. The predicted octanol–water partition coefficient (Wildman–Crippen LogP) is 4.73. The molecule has 1 aliphatic heterocycles. The number of rotatable bonds is 2. The van der Waals surface area contributed by atoms with Crippen molar-refractivity contribution >= 4 is 34.6 Å². The van der Waals surface area contributed by atoms with Crippen molar-refractivity contribution in [1.82, 2.24) is 0 Å². The Hall–Kier alpha value is -0.600. The molecular weight excluding hydrogens is 279 g/mol. The van der Waals surface area contributed by atoms with E-state index in [9.17, 15) is 0 Å². The molecule has 2 nitrogen and oxygen atoms in total. The lowest BCUT2D eigenvalue weighted by Gasteiger charge is -2.32. The Bertz CT molecular complexity index is 469. The van der Waals surface area contributed by atoms with Crippen LogP contribution in [0.25, 0.3) is 0 Å². The molecule has 1 aromatic carbocycles. The first-order valence-corrected chi connectivity index (χ1v) is 7.93. The van der Waals surface area contributed by atoms with Gasteiger partial charge in [0.2, 0.25) is 0 Å². The summed E-state index contributed by atoms with van der Waals surface area (Å²) in [5.74, 6) is 0.830. The molecule has 1 heterocycles. The van der Waals surface area contributed by atoms with Gasteiger partial charge in [0.15, 0.2) is 0 Å². The minimum Gasteiger partial charge on any atom is -0.397 e. The fraction of sp³-hybridized carbons (Fsp3) is 0.600. The summed E-state index contributed by atoms with van der Waals surface area (Å²) in [7, 11) is 0. The monoisotopic (exact) mass is 298 g/mol. The summed E-state index contributed by atoms with van der Waals surface area (Å²) < 4.78 is 0. The summed E-state index contributed by atoms with van der Waals surface area (Å²) in [5.41, 5.74) is 7.97. The first kappa shape index (κ1) is 13.4. The summed E-state index contributed by atoms with van der Waals surface area (Å²) in [6.45, 7) is 1.09. The second-order valence-corrected chi connectivity index (χ2v) is 6.59. The van der Waals surface area contributed by atoms with Gasteiger partial charge in [-0.1, -0.05) is 36.0 Å². The second kappa shape index (κ2) is 5.41. The number of nitrogens with two attached hydrogens (primary N) is 1. The molecule has 0 spiro atoms. The average molecular weight is 299 g/mol. The Morgan fingerprint density at radius 3 is 2.42 bits per heavy atom. The smallest absolute Gasteiger partial charge is 0.0618 e. The molecule has 4 heteroatoms. The topological polar surface area (TPSA) is 29.3 Å². The van der Waals surface area contributed by atoms with Crippen molar-refractivity contribution in [2.45, 2.75) is 44.6 Å². The van der Waals surface area contributed by atoms with Crippen LogP contribution in [0.1, 0.15) is 38.5 Å². The van der Waals surface area contributed by atoms with Gasteiger partial charge in [0, 0.05) is 12.6 Å². The van der Waals surface area contributed by atoms with Gasteiger partial charge in [0.25, 0.3) is 0 Å². The first-order chi connectivity index (χ1) is 9.16. The predicted molar refractivity (Wildman–Crippen MR) is 83.2 cm³/mol.